The van der Waals surface area contributed by atoms with E-state index in [0.717, 1.165) is 54.2 Å². The van der Waals surface area contributed by atoms with Gasteiger partial charge in [-0.2, -0.15) is 15.5 Å². The van der Waals surface area contributed by atoms with Crippen molar-refractivity contribution in [3.63, 3.8) is 0 Å². The van der Waals surface area contributed by atoms with E-state index >= 15 is 0 Å². The first-order valence-corrected chi connectivity index (χ1v) is 11.4. The maximum absolute atomic E-state index is 14.3. The van der Waals surface area contributed by atoms with Gasteiger partial charge >= 0.3 is 0 Å². The van der Waals surface area contributed by atoms with Crippen LogP contribution in [0.3, 0.4) is 0 Å². The zero-order chi connectivity index (χ0) is 22.1. The number of piperidine rings is 1. The van der Waals surface area contributed by atoms with E-state index in [1.165, 1.54) is 24.0 Å². The summed E-state index contributed by atoms with van der Waals surface area (Å²) in [4.78, 5) is 4.89. The lowest BCUT2D eigenvalue weighted by molar-refractivity contribution is 0.319. The highest BCUT2D eigenvalue weighted by Gasteiger charge is 2.19. The van der Waals surface area contributed by atoms with Crippen LogP contribution >= 0.6 is 11.8 Å². The molecule has 1 fully saturated rings. The molecule has 9 heteroatoms. The Morgan fingerprint density at radius 3 is 2.91 bits per heavy atom. The molecule has 5 rings (SSSR count). The minimum atomic E-state index is -0.398. The Morgan fingerprint density at radius 2 is 2.12 bits per heavy atom. The second kappa shape index (κ2) is 8.73. The molecule has 0 amide bonds. The number of rotatable bonds is 5. The number of halogens is 1. The van der Waals surface area contributed by atoms with Crippen LogP contribution in [-0.2, 0) is 6.54 Å². The van der Waals surface area contributed by atoms with Crippen molar-refractivity contribution in [1.82, 2.24) is 29.7 Å². The maximum atomic E-state index is 14.3. The molecule has 0 aromatic carbocycles. The third kappa shape index (κ3) is 3.87. The van der Waals surface area contributed by atoms with Crippen molar-refractivity contribution in [2.45, 2.75) is 36.2 Å². The number of aromatic nitrogens is 5. The number of hydrogen-bond donors (Lipinski definition) is 1. The molecular weight excluding hydrogens is 425 g/mol. The van der Waals surface area contributed by atoms with E-state index in [-0.39, 0.29) is 5.03 Å². The topological polar surface area (TPSA) is 83.8 Å². The molecule has 32 heavy (non-hydrogen) atoms. The third-order valence-corrected chi connectivity index (χ3v) is 6.96. The van der Waals surface area contributed by atoms with E-state index in [2.05, 4.69) is 38.2 Å². The predicted octanol–water partition coefficient (Wildman–Crippen LogP) is 4.06. The molecule has 5 heterocycles. The van der Waals surface area contributed by atoms with Crippen LogP contribution in [0.2, 0.25) is 0 Å². The Morgan fingerprint density at radius 1 is 1.28 bits per heavy atom. The average molecular weight is 448 g/mol. The Hall–Kier alpha value is -3.22. The van der Waals surface area contributed by atoms with Gasteiger partial charge in [0.25, 0.3) is 0 Å². The van der Waals surface area contributed by atoms with Gasteiger partial charge in [-0.1, -0.05) is 11.8 Å². The van der Waals surface area contributed by atoms with Crippen molar-refractivity contribution in [3.8, 4) is 17.2 Å². The second-order valence-electron chi connectivity index (χ2n) is 7.97. The van der Waals surface area contributed by atoms with Crippen molar-refractivity contribution in [3.05, 3.63) is 60.1 Å². The fourth-order valence-electron chi connectivity index (χ4n) is 4.16. The van der Waals surface area contributed by atoms with E-state index in [4.69, 9.17) is 0 Å². The van der Waals surface area contributed by atoms with Crippen LogP contribution in [0.5, 0.6) is 0 Å². The van der Waals surface area contributed by atoms with Gasteiger partial charge in [0.1, 0.15) is 11.1 Å². The molecule has 7 nitrogen and oxygen atoms in total. The third-order valence-electron chi connectivity index (χ3n) is 5.93. The van der Waals surface area contributed by atoms with Crippen LogP contribution in [0.4, 0.5) is 4.39 Å². The standard InChI is InChI=1S/C23H22FN7S/c1-15-19(12-29-30(15)13-16-4-7-26-8-5-16)17-9-21(32-23-20(24)3-2-6-27-23)22-18(10-25)11-28-31(22)14-17/h2-3,6,9,11-12,14,16,26H,4-5,7-8,13H2,1H3. The number of nitriles is 1. The van der Waals surface area contributed by atoms with E-state index in [1.54, 1.807) is 16.8 Å². The largest absolute Gasteiger partial charge is 0.317 e. The lowest BCUT2D eigenvalue weighted by atomic mass is 9.98. The SMILES string of the molecule is Cc1c(-c2cc(Sc3ncccc3F)c3c(C#N)cnn3c2)cnn1CC1CCNCC1. The summed E-state index contributed by atoms with van der Waals surface area (Å²) in [5.41, 5.74) is 4.08. The summed E-state index contributed by atoms with van der Waals surface area (Å²) in [6.45, 7) is 5.08. The molecule has 0 spiro atoms. The van der Waals surface area contributed by atoms with Crippen LogP contribution in [0.25, 0.3) is 16.6 Å². The Kier molecular flexibility index (Phi) is 5.64. The summed E-state index contributed by atoms with van der Waals surface area (Å²) >= 11 is 1.20. The minimum absolute atomic E-state index is 0.259. The van der Waals surface area contributed by atoms with Crippen molar-refractivity contribution >= 4 is 17.3 Å². The molecule has 1 aliphatic heterocycles. The molecule has 4 aromatic heterocycles. The van der Waals surface area contributed by atoms with E-state index in [1.807, 2.05) is 18.5 Å². The first kappa shape index (κ1) is 20.7. The quantitative estimate of drug-likeness (QED) is 0.497. The summed E-state index contributed by atoms with van der Waals surface area (Å²) in [6, 6.07) is 7.09. The summed E-state index contributed by atoms with van der Waals surface area (Å²) in [6.07, 6.45) is 9.17. The summed E-state index contributed by atoms with van der Waals surface area (Å²) in [5, 5.41) is 22.2. The molecule has 0 atom stereocenters. The van der Waals surface area contributed by atoms with Gasteiger partial charge < -0.3 is 5.32 Å². The zero-order valence-corrected chi connectivity index (χ0v) is 18.4. The van der Waals surface area contributed by atoms with Crippen LogP contribution in [-0.4, -0.2) is 37.5 Å². The number of hydrogen-bond acceptors (Lipinski definition) is 6. The van der Waals surface area contributed by atoms with Gasteiger partial charge in [0.2, 0.25) is 0 Å². The summed E-state index contributed by atoms with van der Waals surface area (Å²) < 4.78 is 18.1. The first-order chi connectivity index (χ1) is 15.6. The molecule has 1 N–H and O–H groups in total. The summed E-state index contributed by atoms with van der Waals surface area (Å²) in [5.74, 6) is 0.220. The molecule has 0 radical (unpaired) electrons. The van der Waals surface area contributed by atoms with Crippen LogP contribution < -0.4 is 5.32 Å². The van der Waals surface area contributed by atoms with Crippen LogP contribution in [0.1, 0.15) is 24.1 Å². The molecule has 0 unspecified atom stereocenters. The molecule has 1 saturated heterocycles. The highest BCUT2D eigenvalue weighted by molar-refractivity contribution is 7.99. The van der Waals surface area contributed by atoms with E-state index in [0.29, 0.717) is 17.0 Å². The van der Waals surface area contributed by atoms with Gasteiger partial charge in [0, 0.05) is 40.7 Å². The molecular formula is C23H22FN7S. The lowest BCUT2D eigenvalue weighted by Gasteiger charge is -2.23. The fraction of sp³-hybridized carbons (Fsp3) is 0.304. The van der Waals surface area contributed by atoms with Gasteiger partial charge in [-0.3, -0.25) is 4.68 Å². The van der Waals surface area contributed by atoms with Gasteiger partial charge in [0.05, 0.1) is 23.5 Å². The lowest BCUT2D eigenvalue weighted by Crippen LogP contribution is -2.30. The van der Waals surface area contributed by atoms with Crippen molar-refractivity contribution in [1.29, 1.82) is 5.26 Å². The van der Waals surface area contributed by atoms with Gasteiger partial charge in [0.15, 0.2) is 5.82 Å². The van der Waals surface area contributed by atoms with E-state index < -0.39 is 5.82 Å². The van der Waals surface area contributed by atoms with Crippen LogP contribution in [0, 0.1) is 30.0 Å². The van der Waals surface area contributed by atoms with Crippen molar-refractivity contribution in [2.24, 2.45) is 5.92 Å². The van der Waals surface area contributed by atoms with Crippen molar-refractivity contribution < 1.29 is 4.39 Å². The molecule has 1 aliphatic rings. The number of nitrogens with one attached hydrogen (secondary N) is 1. The number of nitrogens with zero attached hydrogens (tertiary/aromatic N) is 6. The number of fused-ring (bicyclic) bond motifs is 1. The van der Waals surface area contributed by atoms with Gasteiger partial charge in [-0.05, 0) is 57.0 Å². The molecule has 0 aliphatic carbocycles. The molecule has 4 aromatic rings. The van der Waals surface area contributed by atoms with Crippen LogP contribution in [0.15, 0.2) is 52.9 Å². The Balaban J connectivity index is 1.55. The monoisotopic (exact) mass is 447 g/mol. The first-order valence-electron chi connectivity index (χ1n) is 10.6. The second-order valence-corrected chi connectivity index (χ2v) is 9.00. The Bertz CT molecular complexity index is 1310. The summed E-state index contributed by atoms with van der Waals surface area (Å²) in [7, 11) is 0. The normalized spacial score (nSPS) is 14.7. The smallest absolute Gasteiger partial charge is 0.155 e. The molecule has 0 bridgehead atoms. The average Bonchev–Trinajstić information content (AvgIpc) is 3.39. The maximum Gasteiger partial charge on any atom is 0.155 e. The van der Waals surface area contributed by atoms with E-state index in [9.17, 15) is 9.65 Å². The number of pyridine rings is 2. The zero-order valence-electron chi connectivity index (χ0n) is 17.6. The minimum Gasteiger partial charge on any atom is -0.317 e. The molecule has 162 valence electrons. The Labute approximate surface area is 189 Å². The van der Waals surface area contributed by atoms with Gasteiger partial charge in [-0.25, -0.2) is 13.9 Å². The molecule has 0 saturated carbocycles. The van der Waals surface area contributed by atoms with Crippen molar-refractivity contribution in [2.75, 3.05) is 13.1 Å². The van der Waals surface area contributed by atoms with Gasteiger partial charge in [-0.15, -0.1) is 0 Å². The fourth-order valence-corrected chi connectivity index (χ4v) is 5.14. The predicted molar refractivity (Wildman–Crippen MR) is 120 cm³/mol. The highest BCUT2D eigenvalue weighted by atomic mass is 32.2. The highest BCUT2D eigenvalue weighted by Crippen LogP contribution is 2.36.